The summed E-state index contributed by atoms with van der Waals surface area (Å²) >= 11 is 1.40. The maximum Gasteiger partial charge on any atom is 0.261 e. The Balaban J connectivity index is 1.85. The number of thiophene rings is 1. The van der Waals surface area contributed by atoms with Crippen molar-refractivity contribution in [2.24, 2.45) is 0 Å². The Morgan fingerprint density at radius 1 is 1.15 bits per heavy atom. The fraction of sp³-hybridized carbons (Fsp3) is 0.250. The zero-order valence-electron chi connectivity index (χ0n) is 15.5. The van der Waals surface area contributed by atoms with Gasteiger partial charge in [0.1, 0.15) is 0 Å². The van der Waals surface area contributed by atoms with Crippen molar-refractivity contribution in [2.75, 3.05) is 17.1 Å². The summed E-state index contributed by atoms with van der Waals surface area (Å²) in [6.07, 6.45) is 1.19. The lowest BCUT2D eigenvalue weighted by Crippen LogP contribution is -2.29. The van der Waals surface area contributed by atoms with Crippen LogP contribution in [0.1, 0.15) is 35.1 Å². The standard InChI is InChI=1S/C20H22N2O3S2/c1-4-22(27(3,24)25)17-10-11-18-16(12-17)13-19(26-18)20(23)21-14(2)15-8-6-5-7-9-15/h5-14H,4H2,1-3H3,(H,21,23)/t14-/m0/s1. The van der Waals surface area contributed by atoms with Gasteiger partial charge in [-0.15, -0.1) is 11.3 Å². The predicted octanol–water partition coefficient (Wildman–Crippen LogP) is 4.18. The highest BCUT2D eigenvalue weighted by molar-refractivity contribution is 7.92. The van der Waals surface area contributed by atoms with Gasteiger partial charge in [0.05, 0.1) is 22.9 Å². The smallest absolute Gasteiger partial charge is 0.261 e. The van der Waals surface area contributed by atoms with Gasteiger partial charge in [-0.2, -0.15) is 0 Å². The molecular formula is C20H22N2O3S2. The third-order valence-electron chi connectivity index (χ3n) is 4.35. The Labute approximate surface area is 163 Å². The molecule has 0 spiro atoms. The quantitative estimate of drug-likeness (QED) is 0.673. The van der Waals surface area contributed by atoms with Crippen LogP contribution in [-0.2, 0) is 10.0 Å². The number of amides is 1. The monoisotopic (exact) mass is 402 g/mol. The van der Waals surface area contributed by atoms with Crippen molar-refractivity contribution in [3.63, 3.8) is 0 Å². The van der Waals surface area contributed by atoms with Crippen molar-refractivity contribution in [1.29, 1.82) is 0 Å². The van der Waals surface area contributed by atoms with Gasteiger partial charge in [-0.3, -0.25) is 9.10 Å². The second-order valence-corrected chi connectivity index (χ2v) is 9.36. The molecule has 0 saturated heterocycles. The number of sulfonamides is 1. The Bertz CT molecular complexity index is 1060. The minimum atomic E-state index is -3.34. The first-order valence-corrected chi connectivity index (χ1v) is 11.3. The van der Waals surface area contributed by atoms with Gasteiger partial charge >= 0.3 is 0 Å². The van der Waals surface area contributed by atoms with Crippen LogP contribution in [0.3, 0.4) is 0 Å². The number of nitrogens with zero attached hydrogens (tertiary/aromatic N) is 1. The Morgan fingerprint density at radius 2 is 1.85 bits per heavy atom. The summed E-state index contributed by atoms with van der Waals surface area (Å²) in [6, 6.07) is 17.0. The molecule has 0 radical (unpaired) electrons. The van der Waals surface area contributed by atoms with Crippen LogP contribution in [0.2, 0.25) is 0 Å². The molecule has 0 bridgehead atoms. The zero-order chi connectivity index (χ0) is 19.6. The van der Waals surface area contributed by atoms with Crippen LogP contribution in [0.4, 0.5) is 5.69 Å². The Kier molecular flexibility index (Phi) is 5.53. The first-order valence-electron chi connectivity index (χ1n) is 8.66. The number of carbonyl (C=O) groups is 1. The van der Waals surface area contributed by atoms with E-state index in [1.807, 2.05) is 55.5 Å². The molecule has 27 heavy (non-hydrogen) atoms. The first kappa shape index (κ1) is 19.4. The number of carbonyl (C=O) groups excluding carboxylic acids is 1. The highest BCUT2D eigenvalue weighted by Crippen LogP contribution is 2.30. The SMILES string of the molecule is CCN(c1ccc2sc(C(=O)N[C@@H](C)c3ccccc3)cc2c1)S(C)(=O)=O. The average molecular weight is 403 g/mol. The van der Waals surface area contributed by atoms with E-state index >= 15 is 0 Å². The molecule has 2 aromatic carbocycles. The number of nitrogens with one attached hydrogen (secondary N) is 1. The fourth-order valence-electron chi connectivity index (χ4n) is 3.00. The second kappa shape index (κ2) is 7.70. The largest absolute Gasteiger partial charge is 0.345 e. The highest BCUT2D eigenvalue weighted by Gasteiger charge is 2.18. The number of anilines is 1. The summed E-state index contributed by atoms with van der Waals surface area (Å²) in [7, 11) is -3.34. The topological polar surface area (TPSA) is 66.5 Å². The summed E-state index contributed by atoms with van der Waals surface area (Å²) in [6.45, 7) is 4.10. The second-order valence-electron chi connectivity index (χ2n) is 6.37. The van der Waals surface area contributed by atoms with Gasteiger partial charge in [-0.05, 0) is 49.1 Å². The molecule has 142 valence electrons. The summed E-state index contributed by atoms with van der Waals surface area (Å²) < 4.78 is 26.2. The van der Waals surface area contributed by atoms with Gasteiger partial charge in [0.15, 0.2) is 0 Å². The van der Waals surface area contributed by atoms with Crippen molar-refractivity contribution in [3.8, 4) is 0 Å². The minimum absolute atomic E-state index is 0.0970. The van der Waals surface area contributed by atoms with Crippen molar-refractivity contribution in [1.82, 2.24) is 5.32 Å². The third kappa shape index (κ3) is 4.31. The van der Waals surface area contributed by atoms with Gasteiger partial charge in [-0.25, -0.2) is 8.42 Å². The molecule has 3 rings (SSSR count). The van der Waals surface area contributed by atoms with Crippen LogP contribution < -0.4 is 9.62 Å². The molecular weight excluding hydrogens is 380 g/mol. The number of fused-ring (bicyclic) bond motifs is 1. The minimum Gasteiger partial charge on any atom is -0.345 e. The van der Waals surface area contributed by atoms with Gasteiger partial charge in [0.2, 0.25) is 10.0 Å². The van der Waals surface area contributed by atoms with Gasteiger partial charge < -0.3 is 5.32 Å². The van der Waals surface area contributed by atoms with Crippen molar-refractivity contribution in [2.45, 2.75) is 19.9 Å². The van der Waals surface area contributed by atoms with Crippen LogP contribution >= 0.6 is 11.3 Å². The molecule has 1 aromatic heterocycles. The number of benzene rings is 2. The molecule has 1 amide bonds. The zero-order valence-corrected chi connectivity index (χ0v) is 17.1. The Hall–Kier alpha value is -2.38. The normalized spacial score (nSPS) is 12.7. The average Bonchev–Trinajstić information content (AvgIpc) is 3.05. The molecule has 0 aliphatic carbocycles. The van der Waals surface area contributed by atoms with Crippen LogP contribution in [0.25, 0.3) is 10.1 Å². The Morgan fingerprint density at radius 3 is 2.48 bits per heavy atom. The van der Waals surface area contributed by atoms with Crippen molar-refractivity contribution >= 4 is 43.0 Å². The highest BCUT2D eigenvalue weighted by atomic mass is 32.2. The van der Waals surface area contributed by atoms with E-state index in [0.717, 1.165) is 15.6 Å². The lowest BCUT2D eigenvalue weighted by atomic mass is 10.1. The lowest BCUT2D eigenvalue weighted by molar-refractivity contribution is 0.0944. The van der Waals surface area contributed by atoms with E-state index in [9.17, 15) is 13.2 Å². The molecule has 0 saturated carbocycles. The van der Waals surface area contributed by atoms with Crippen LogP contribution in [-0.4, -0.2) is 27.1 Å². The molecule has 7 heteroatoms. The van der Waals surface area contributed by atoms with Gasteiger partial charge in [0, 0.05) is 11.2 Å². The summed E-state index contributed by atoms with van der Waals surface area (Å²) in [5.74, 6) is -0.135. The van der Waals surface area contributed by atoms with E-state index < -0.39 is 10.0 Å². The van der Waals surface area contributed by atoms with Gasteiger partial charge in [-0.1, -0.05) is 30.3 Å². The van der Waals surface area contributed by atoms with Crippen LogP contribution in [0.15, 0.2) is 54.6 Å². The lowest BCUT2D eigenvalue weighted by Gasteiger charge is -2.20. The molecule has 0 aliphatic rings. The third-order valence-corrected chi connectivity index (χ3v) is 6.73. The predicted molar refractivity (Wildman–Crippen MR) is 112 cm³/mol. The van der Waals surface area contributed by atoms with E-state index in [-0.39, 0.29) is 11.9 Å². The first-order chi connectivity index (χ1) is 12.8. The summed E-state index contributed by atoms with van der Waals surface area (Å²) in [4.78, 5) is 13.2. The molecule has 0 fully saturated rings. The van der Waals surface area contributed by atoms with E-state index in [4.69, 9.17) is 0 Å². The fourth-order valence-corrected chi connectivity index (χ4v) is 4.91. The maximum atomic E-state index is 12.6. The van der Waals surface area contributed by atoms with Crippen LogP contribution in [0.5, 0.6) is 0 Å². The molecule has 1 atom stereocenters. The van der Waals surface area contributed by atoms with Crippen LogP contribution in [0, 0.1) is 0 Å². The van der Waals surface area contributed by atoms with E-state index in [1.165, 1.54) is 21.9 Å². The maximum absolute atomic E-state index is 12.6. The molecule has 0 aliphatic heterocycles. The molecule has 1 N–H and O–H groups in total. The van der Waals surface area contributed by atoms with E-state index in [2.05, 4.69) is 5.32 Å². The molecule has 5 nitrogen and oxygen atoms in total. The summed E-state index contributed by atoms with van der Waals surface area (Å²) in [5.41, 5.74) is 1.65. The van der Waals surface area contributed by atoms with Crippen molar-refractivity contribution in [3.05, 3.63) is 65.0 Å². The molecule has 1 heterocycles. The van der Waals surface area contributed by atoms with E-state index in [1.54, 1.807) is 13.0 Å². The number of rotatable bonds is 6. The van der Waals surface area contributed by atoms with E-state index in [0.29, 0.717) is 17.1 Å². The molecule has 0 unspecified atom stereocenters. The number of hydrogen-bond acceptors (Lipinski definition) is 4. The summed E-state index contributed by atoms with van der Waals surface area (Å²) in [5, 5.41) is 3.87. The van der Waals surface area contributed by atoms with Gasteiger partial charge in [0.25, 0.3) is 5.91 Å². The molecule has 3 aromatic rings. The van der Waals surface area contributed by atoms with Crippen molar-refractivity contribution < 1.29 is 13.2 Å². The number of hydrogen-bond donors (Lipinski definition) is 1.